The van der Waals surface area contributed by atoms with Gasteiger partial charge in [-0.05, 0) is 30.0 Å². The number of carbonyl (C=O) groups excluding carboxylic acids is 1. The van der Waals surface area contributed by atoms with Crippen LogP contribution in [0.15, 0.2) is 24.5 Å². The van der Waals surface area contributed by atoms with Crippen molar-refractivity contribution in [1.29, 1.82) is 0 Å². The zero-order valence-electron chi connectivity index (χ0n) is 16.0. The number of methoxy groups -OCH3 is 3. The summed E-state index contributed by atoms with van der Waals surface area (Å²) in [5, 5.41) is 3.05. The van der Waals surface area contributed by atoms with Crippen LogP contribution in [-0.2, 0) is 11.2 Å². The number of rotatable bonds is 9. The summed E-state index contributed by atoms with van der Waals surface area (Å²) < 4.78 is 16.0. The Labute approximate surface area is 154 Å². The maximum absolute atomic E-state index is 12.4. The minimum Gasteiger partial charge on any atom is -0.493 e. The van der Waals surface area contributed by atoms with E-state index in [1.165, 1.54) is 0 Å². The van der Waals surface area contributed by atoms with Crippen molar-refractivity contribution < 1.29 is 19.0 Å². The Bertz CT molecular complexity index is 689. The molecule has 1 aromatic heterocycles. The van der Waals surface area contributed by atoms with E-state index < -0.39 is 0 Å². The van der Waals surface area contributed by atoms with Crippen LogP contribution in [0.25, 0.3) is 0 Å². The number of nitrogens with one attached hydrogen (secondary N) is 2. The number of amides is 1. The van der Waals surface area contributed by atoms with E-state index in [1.807, 2.05) is 26.0 Å². The largest absolute Gasteiger partial charge is 0.493 e. The number of hydrogen-bond donors (Lipinski definition) is 2. The molecule has 142 valence electrons. The maximum atomic E-state index is 12.4. The predicted octanol–water partition coefficient (Wildman–Crippen LogP) is 2.88. The van der Waals surface area contributed by atoms with E-state index in [4.69, 9.17) is 14.2 Å². The molecule has 0 aliphatic rings. The SMILES string of the molecule is COc1cc(CCC(=O)N[C@H](c2ncc[nH]2)C(C)C)cc(OC)c1OC. The quantitative estimate of drug-likeness (QED) is 0.717. The number of hydrogen-bond acceptors (Lipinski definition) is 5. The highest BCUT2D eigenvalue weighted by Crippen LogP contribution is 2.38. The van der Waals surface area contributed by atoms with Crippen LogP contribution < -0.4 is 19.5 Å². The summed E-state index contributed by atoms with van der Waals surface area (Å²) >= 11 is 0. The number of aromatic amines is 1. The summed E-state index contributed by atoms with van der Waals surface area (Å²) in [7, 11) is 4.71. The Morgan fingerprint density at radius 3 is 2.27 bits per heavy atom. The summed E-state index contributed by atoms with van der Waals surface area (Å²) in [6, 6.07) is 3.58. The smallest absolute Gasteiger partial charge is 0.220 e. The highest BCUT2D eigenvalue weighted by atomic mass is 16.5. The van der Waals surface area contributed by atoms with Crippen LogP contribution in [0, 0.1) is 5.92 Å². The van der Waals surface area contributed by atoms with Gasteiger partial charge in [0.05, 0.1) is 27.4 Å². The molecule has 1 aromatic carbocycles. The first-order chi connectivity index (χ1) is 12.5. The number of aromatic nitrogens is 2. The summed E-state index contributed by atoms with van der Waals surface area (Å²) in [6.45, 7) is 4.10. The van der Waals surface area contributed by atoms with E-state index >= 15 is 0 Å². The standard InChI is InChI=1S/C19H27N3O4/c1-12(2)17(19-20-8-9-21-19)22-16(23)7-6-13-10-14(24-3)18(26-5)15(11-13)25-4/h8-12,17H,6-7H2,1-5H3,(H,20,21)(H,22,23)/t17-/m0/s1. The third-order valence-electron chi connectivity index (χ3n) is 4.16. The van der Waals surface area contributed by atoms with Gasteiger partial charge in [0.2, 0.25) is 11.7 Å². The molecule has 2 aromatic rings. The van der Waals surface area contributed by atoms with Crippen LogP contribution in [0.1, 0.15) is 37.7 Å². The number of nitrogens with zero attached hydrogens (tertiary/aromatic N) is 1. The average Bonchev–Trinajstić information content (AvgIpc) is 3.17. The molecule has 0 bridgehead atoms. The lowest BCUT2D eigenvalue weighted by atomic mass is 10.0. The molecule has 1 amide bonds. The van der Waals surface area contributed by atoms with Crippen LogP contribution in [0.4, 0.5) is 0 Å². The molecule has 0 aliphatic carbocycles. The lowest BCUT2D eigenvalue weighted by molar-refractivity contribution is -0.122. The Kier molecular flexibility index (Phi) is 6.89. The van der Waals surface area contributed by atoms with Gasteiger partial charge in [-0.25, -0.2) is 4.98 Å². The molecule has 7 nitrogen and oxygen atoms in total. The first kappa shape index (κ1) is 19.6. The molecular formula is C19H27N3O4. The van der Waals surface area contributed by atoms with E-state index in [0.717, 1.165) is 11.4 Å². The molecule has 0 aliphatic heterocycles. The van der Waals surface area contributed by atoms with Crippen molar-refractivity contribution in [1.82, 2.24) is 15.3 Å². The average molecular weight is 361 g/mol. The first-order valence-electron chi connectivity index (χ1n) is 8.57. The van der Waals surface area contributed by atoms with Crippen molar-refractivity contribution in [3.8, 4) is 17.2 Å². The highest BCUT2D eigenvalue weighted by Gasteiger charge is 2.20. The molecule has 2 N–H and O–H groups in total. The van der Waals surface area contributed by atoms with Crippen molar-refractivity contribution in [3.63, 3.8) is 0 Å². The molecule has 0 saturated heterocycles. The molecular weight excluding hydrogens is 334 g/mol. The second-order valence-corrected chi connectivity index (χ2v) is 6.30. The van der Waals surface area contributed by atoms with Crippen LogP contribution in [-0.4, -0.2) is 37.2 Å². The first-order valence-corrected chi connectivity index (χ1v) is 8.57. The molecule has 0 fully saturated rings. The summed E-state index contributed by atoms with van der Waals surface area (Å²) in [6.07, 6.45) is 4.35. The minimum absolute atomic E-state index is 0.0335. The van der Waals surface area contributed by atoms with Gasteiger partial charge in [0, 0.05) is 18.8 Å². The number of benzene rings is 1. The maximum Gasteiger partial charge on any atom is 0.220 e. The van der Waals surface area contributed by atoms with E-state index in [0.29, 0.717) is 30.1 Å². The Morgan fingerprint density at radius 2 is 1.81 bits per heavy atom. The van der Waals surface area contributed by atoms with E-state index in [2.05, 4.69) is 15.3 Å². The third kappa shape index (κ3) is 4.68. The predicted molar refractivity (Wildman–Crippen MR) is 98.7 cm³/mol. The van der Waals surface area contributed by atoms with Crippen LogP contribution in [0.5, 0.6) is 17.2 Å². The van der Waals surface area contributed by atoms with Crippen molar-refractivity contribution in [2.24, 2.45) is 5.92 Å². The molecule has 7 heteroatoms. The molecule has 0 saturated carbocycles. The van der Waals surface area contributed by atoms with Gasteiger partial charge in [0.15, 0.2) is 11.5 Å². The fraction of sp³-hybridized carbons (Fsp3) is 0.474. The zero-order chi connectivity index (χ0) is 19.1. The lowest BCUT2D eigenvalue weighted by Crippen LogP contribution is -2.32. The number of ether oxygens (including phenoxy) is 3. The van der Waals surface area contributed by atoms with Crippen molar-refractivity contribution in [2.75, 3.05) is 21.3 Å². The van der Waals surface area contributed by atoms with Crippen molar-refractivity contribution in [2.45, 2.75) is 32.7 Å². The number of imidazole rings is 1. The van der Waals surface area contributed by atoms with Crippen LogP contribution in [0.2, 0.25) is 0 Å². The highest BCUT2D eigenvalue weighted by molar-refractivity contribution is 5.76. The molecule has 1 heterocycles. The fourth-order valence-corrected chi connectivity index (χ4v) is 2.78. The normalized spacial score (nSPS) is 11.9. The van der Waals surface area contributed by atoms with Gasteiger partial charge in [0.25, 0.3) is 0 Å². The summed E-state index contributed by atoms with van der Waals surface area (Å²) in [4.78, 5) is 19.7. The molecule has 1 atom stereocenters. The summed E-state index contributed by atoms with van der Waals surface area (Å²) in [5.41, 5.74) is 0.939. The van der Waals surface area contributed by atoms with Gasteiger partial charge in [-0.2, -0.15) is 0 Å². The monoisotopic (exact) mass is 361 g/mol. The van der Waals surface area contributed by atoms with Crippen molar-refractivity contribution in [3.05, 3.63) is 35.9 Å². The van der Waals surface area contributed by atoms with Gasteiger partial charge < -0.3 is 24.5 Å². The Morgan fingerprint density at radius 1 is 1.15 bits per heavy atom. The number of aryl methyl sites for hydroxylation is 1. The molecule has 2 rings (SSSR count). The molecule has 26 heavy (non-hydrogen) atoms. The third-order valence-corrected chi connectivity index (χ3v) is 4.16. The van der Waals surface area contributed by atoms with Crippen LogP contribution in [0.3, 0.4) is 0 Å². The number of carbonyl (C=O) groups is 1. The van der Waals surface area contributed by atoms with Gasteiger partial charge in [-0.1, -0.05) is 13.8 Å². The molecule has 0 radical (unpaired) electrons. The van der Waals surface area contributed by atoms with E-state index in [-0.39, 0.29) is 17.9 Å². The van der Waals surface area contributed by atoms with Gasteiger partial charge in [-0.3, -0.25) is 4.79 Å². The fourth-order valence-electron chi connectivity index (χ4n) is 2.78. The summed E-state index contributed by atoms with van der Waals surface area (Å²) in [5.74, 6) is 2.66. The van der Waals surface area contributed by atoms with E-state index in [9.17, 15) is 4.79 Å². The van der Waals surface area contributed by atoms with E-state index in [1.54, 1.807) is 33.7 Å². The topological polar surface area (TPSA) is 85.5 Å². The Hall–Kier alpha value is -2.70. The second-order valence-electron chi connectivity index (χ2n) is 6.30. The van der Waals surface area contributed by atoms with Gasteiger partial charge in [-0.15, -0.1) is 0 Å². The molecule has 0 unspecified atom stereocenters. The van der Waals surface area contributed by atoms with Gasteiger partial charge >= 0.3 is 0 Å². The minimum atomic E-state index is -0.141. The zero-order valence-corrected chi connectivity index (χ0v) is 16.0. The second kappa shape index (κ2) is 9.12. The lowest BCUT2D eigenvalue weighted by Gasteiger charge is -2.20. The van der Waals surface area contributed by atoms with Crippen molar-refractivity contribution >= 4 is 5.91 Å². The van der Waals surface area contributed by atoms with Gasteiger partial charge in [0.1, 0.15) is 5.82 Å². The molecule has 0 spiro atoms. The number of H-pyrrole nitrogens is 1. The van der Waals surface area contributed by atoms with Crippen LogP contribution >= 0.6 is 0 Å². The Balaban J connectivity index is 2.04.